The van der Waals surface area contributed by atoms with Crippen LogP contribution in [0.3, 0.4) is 0 Å². The van der Waals surface area contributed by atoms with Crippen molar-refractivity contribution in [2.24, 2.45) is 5.41 Å². The molecule has 0 aromatic rings. The molecule has 0 bridgehead atoms. The van der Waals surface area contributed by atoms with Gasteiger partial charge in [-0.05, 0) is 65.0 Å². The summed E-state index contributed by atoms with van der Waals surface area (Å²) in [5, 5.41) is 3.41. The third kappa shape index (κ3) is 2.40. The minimum Gasteiger partial charge on any atom is -0.598 e. The Morgan fingerprint density at radius 2 is 1.88 bits per heavy atom. The van der Waals surface area contributed by atoms with E-state index in [2.05, 4.69) is 10.0 Å². The summed E-state index contributed by atoms with van der Waals surface area (Å²) in [6, 6.07) is 0.481. The van der Waals surface area contributed by atoms with Gasteiger partial charge in [0.25, 0.3) is 0 Å². The molecule has 0 aromatic carbocycles. The van der Waals surface area contributed by atoms with E-state index in [0.29, 0.717) is 11.5 Å². The third-order valence-electron chi connectivity index (χ3n) is 4.07. The van der Waals surface area contributed by atoms with E-state index in [1.807, 2.05) is 20.8 Å². The molecule has 0 aromatic heterocycles. The molecule has 0 radical (unpaired) electrons. The van der Waals surface area contributed by atoms with Crippen LogP contribution in [0.1, 0.15) is 46.5 Å². The lowest BCUT2D eigenvalue weighted by molar-refractivity contribution is 0.0434. The Morgan fingerprint density at radius 1 is 1.25 bits per heavy atom. The molecule has 16 heavy (non-hydrogen) atoms. The molecule has 4 heteroatoms. The Labute approximate surface area is 102 Å². The molecule has 1 heterocycles. The zero-order valence-corrected chi connectivity index (χ0v) is 11.5. The predicted molar refractivity (Wildman–Crippen MR) is 68.6 cm³/mol. The molecule has 1 aliphatic carbocycles. The summed E-state index contributed by atoms with van der Waals surface area (Å²) < 4.78 is 15.3. The second-order valence-electron chi connectivity index (χ2n) is 6.20. The maximum Gasteiger partial charge on any atom is 0.136 e. The highest BCUT2D eigenvalue weighted by molar-refractivity contribution is 7.90. The van der Waals surface area contributed by atoms with Crippen LogP contribution in [0, 0.1) is 5.41 Å². The third-order valence-corrected chi connectivity index (χ3v) is 5.69. The zero-order valence-electron chi connectivity index (χ0n) is 10.6. The molecular weight excluding hydrogens is 220 g/mol. The maximum absolute atomic E-state index is 12.1. The average molecular weight is 244 g/mol. The van der Waals surface area contributed by atoms with Gasteiger partial charge in [-0.25, -0.2) is 0 Å². The molecule has 3 nitrogen and oxygen atoms in total. The minimum absolute atomic E-state index is 0.149. The summed E-state index contributed by atoms with van der Waals surface area (Å²) in [6.45, 7) is 8.35. The fourth-order valence-electron chi connectivity index (χ4n) is 2.71. The van der Waals surface area contributed by atoms with E-state index >= 15 is 0 Å². The van der Waals surface area contributed by atoms with Gasteiger partial charge >= 0.3 is 0 Å². The predicted octanol–water partition coefficient (Wildman–Crippen LogP) is 1.57. The topological polar surface area (TPSA) is 47.1 Å². The van der Waals surface area contributed by atoms with Gasteiger partial charge in [-0.15, -0.1) is 4.72 Å². The summed E-state index contributed by atoms with van der Waals surface area (Å²) in [5.41, 5.74) is 0.451. The molecule has 2 aliphatic rings. The van der Waals surface area contributed by atoms with E-state index in [1.54, 1.807) is 0 Å². The van der Waals surface area contributed by atoms with Crippen molar-refractivity contribution in [2.75, 3.05) is 13.1 Å². The summed E-state index contributed by atoms with van der Waals surface area (Å²) in [5.74, 6) is 0. The molecule has 2 rings (SSSR count). The Balaban J connectivity index is 1.91. The van der Waals surface area contributed by atoms with Crippen LogP contribution in [0.25, 0.3) is 0 Å². The number of hydrogen-bond donors (Lipinski definition) is 2. The minimum atomic E-state index is -0.914. The Kier molecular flexibility index (Phi) is 3.55. The molecule has 1 saturated heterocycles. The number of rotatable bonds is 2. The van der Waals surface area contributed by atoms with E-state index in [9.17, 15) is 4.55 Å². The zero-order chi connectivity index (χ0) is 11.8. The molecule has 2 fully saturated rings. The summed E-state index contributed by atoms with van der Waals surface area (Å²) in [7, 11) is 0. The first-order valence-corrected chi connectivity index (χ1v) is 7.48. The van der Waals surface area contributed by atoms with Crippen LogP contribution in [0.15, 0.2) is 0 Å². The van der Waals surface area contributed by atoms with E-state index in [0.717, 1.165) is 13.1 Å². The van der Waals surface area contributed by atoms with Crippen molar-refractivity contribution in [3.8, 4) is 0 Å². The van der Waals surface area contributed by atoms with Crippen molar-refractivity contribution in [1.82, 2.24) is 10.0 Å². The number of piperidine rings is 1. The molecule has 1 saturated carbocycles. The highest BCUT2D eigenvalue weighted by atomic mass is 32.2. The van der Waals surface area contributed by atoms with Crippen LogP contribution >= 0.6 is 0 Å². The van der Waals surface area contributed by atoms with E-state index in [4.69, 9.17) is 0 Å². The van der Waals surface area contributed by atoms with Crippen LogP contribution < -0.4 is 10.0 Å². The molecule has 0 unspecified atom stereocenters. The molecule has 2 N–H and O–H groups in total. The van der Waals surface area contributed by atoms with Crippen LogP contribution in [0.5, 0.6) is 0 Å². The van der Waals surface area contributed by atoms with Gasteiger partial charge < -0.3 is 9.87 Å². The van der Waals surface area contributed by atoms with Crippen LogP contribution in [-0.4, -0.2) is 28.4 Å². The summed E-state index contributed by atoms with van der Waals surface area (Å²) >= 11 is -0.914. The average Bonchev–Trinajstić information content (AvgIpc) is 2.24. The standard InChI is InChI=1S/C12H24N2OS/c1-11(2,3)16(15)14-10-4-5-12(10)6-8-13-9-7-12/h10,13-14H,4-9H2,1-3H3/t10-,16-/m1/s1. The summed E-state index contributed by atoms with van der Waals surface area (Å²) in [6.07, 6.45) is 4.99. The van der Waals surface area contributed by atoms with Crippen molar-refractivity contribution >= 4 is 11.4 Å². The summed E-state index contributed by atoms with van der Waals surface area (Å²) in [4.78, 5) is 0. The quantitative estimate of drug-likeness (QED) is 0.725. The van der Waals surface area contributed by atoms with Crippen molar-refractivity contribution in [3.63, 3.8) is 0 Å². The van der Waals surface area contributed by atoms with Crippen molar-refractivity contribution in [1.29, 1.82) is 0 Å². The fraction of sp³-hybridized carbons (Fsp3) is 1.00. The molecular formula is C12H24N2OS. The van der Waals surface area contributed by atoms with E-state index < -0.39 is 11.4 Å². The second-order valence-corrected chi connectivity index (χ2v) is 8.20. The van der Waals surface area contributed by atoms with Gasteiger partial charge in [-0.3, -0.25) is 0 Å². The largest absolute Gasteiger partial charge is 0.598 e. The lowest BCUT2D eigenvalue weighted by Gasteiger charge is -2.52. The number of hydrogen-bond acceptors (Lipinski definition) is 3. The first-order valence-electron chi connectivity index (χ1n) is 6.33. The van der Waals surface area contributed by atoms with Crippen LogP contribution in [0.2, 0.25) is 0 Å². The Bertz CT molecular complexity index is 246. The van der Waals surface area contributed by atoms with Crippen LogP contribution in [0.4, 0.5) is 0 Å². The Morgan fingerprint density at radius 3 is 2.31 bits per heavy atom. The molecule has 1 spiro atoms. The molecule has 2 atom stereocenters. The molecule has 0 amide bonds. The van der Waals surface area contributed by atoms with E-state index in [1.165, 1.54) is 25.7 Å². The van der Waals surface area contributed by atoms with Crippen molar-refractivity contribution < 1.29 is 4.55 Å². The highest BCUT2D eigenvalue weighted by Gasteiger charge is 2.49. The van der Waals surface area contributed by atoms with Gasteiger partial charge in [0.2, 0.25) is 0 Å². The lowest BCUT2D eigenvalue weighted by atomic mass is 9.60. The number of nitrogens with one attached hydrogen (secondary N) is 2. The van der Waals surface area contributed by atoms with Crippen molar-refractivity contribution in [2.45, 2.75) is 57.2 Å². The van der Waals surface area contributed by atoms with Gasteiger partial charge in [0.05, 0.1) is 6.04 Å². The Hall–Kier alpha value is 0.230. The van der Waals surface area contributed by atoms with E-state index in [-0.39, 0.29) is 4.75 Å². The van der Waals surface area contributed by atoms with Crippen molar-refractivity contribution in [3.05, 3.63) is 0 Å². The molecule has 1 aliphatic heterocycles. The second kappa shape index (κ2) is 4.48. The highest BCUT2D eigenvalue weighted by Crippen LogP contribution is 2.48. The first kappa shape index (κ1) is 12.7. The smallest absolute Gasteiger partial charge is 0.136 e. The van der Waals surface area contributed by atoms with Gasteiger partial charge in [-0.2, -0.15) is 0 Å². The fourth-order valence-corrected chi connectivity index (χ4v) is 3.69. The maximum atomic E-state index is 12.1. The normalized spacial score (nSPS) is 31.1. The van der Waals surface area contributed by atoms with Gasteiger partial charge in [0, 0.05) is 11.4 Å². The van der Waals surface area contributed by atoms with Gasteiger partial charge in [-0.1, -0.05) is 0 Å². The SMILES string of the molecule is CC(C)(C)[S@@+]([O-])N[C@@H]1CCC12CCNCC2. The van der Waals surface area contributed by atoms with Gasteiger partial charge in [0.15, 0.2) is 0 Å². The molecule has 94 valence electrons. The lowest BCUT2D eigenvalue weighted by Crippen LogP contribution is -2.60. The van der Waals surface area contributed by atoms with Gasteiger partial charge in [0.1, 0.15) is 4.75 Å². The van der Waals surface area contributed by atoms with Crippen LogP contribution in [-0.2, 0) is 11.4 Å². The monoisotopic (exact) mass is 244 g/mol. The first-order chi connectivity index (χ1) is 7.44.